The summed E-state index contributed by atoms with van der Waals surface area (Å²) in [6.45, 7) is 1.80. The Morgan fingerprint density at radius 2 is 2.00 bits per heavy atom. The molecule has 0 spiro atoms. The van der Waals surface area contributed by atoms with Crippen LogP contribution in [0, 0.1) is 22.9 Å². The maximum Gasteiger partial charge on any atom is 0.282 e. The lowest BCUT2D eigenvalue weighted by Gasteiger charge is -2.07. The first-order valence-corrected chi connectivity index (χ1v) is 6.27. The van der Waals surface area contributed by atoms with Crippen LogP contribution >= 0.6 is 11.6 Å². The second-order valence-corrected chi connectivity index (χ2v) is 4.74. The Balaban J connectivity index is 2.34. The normalized spacial score (nSPS) is 10.2. The fourth-order valence-electron chi connectivity index (χ4n) is 1.72. The number of aryl methyl sites for hydroxylation is 1. The highest BCUT2D eigenvalue weighted by Gasteiger charge is 2.21. The van der Waals surface area contributed by atoms with Crippen LogP contribution in [0.4, 0.5) is 15.8 Å². The van der Waals surface area contributed by atoms with Gasteiger partial charge < -0.3 is 5.32 Å². The number of hydrogen-bond acceptors (Lipinski definition) is 3. The SMILES string of the molecule is Cc1ccc(NC(=O)c2cc(F)ccc2[N+](=O)[O-])cc1Cl. The van der Waals surface area contributed by atoms with Gasteiger partial charge >= 0.3 is 0 Å². The van der Waals surface area contributed by atoms with E-state index in [1.807, 2.05) is 0 Å². The molecule has 5 nitrogen and oxygen atoms in total. The molecule has 1 N–H and O–H groups in total. The van der Waals surface area contributed by atoms with E-state index in [9.17, 15) is 19.3 Å². The number of rotatable bonds is 3. The minimum absolute atomic E-state index is 0.350. The van der Waals surface area contributed by atoms with Gasteiger partial charge in [0.2, 0.25) is 0 Å². The van der Waals surface area contributed by atoms with Gasteiger partial charge in [-0.1, -0.05) is 17.7 Å². The summed E-state index contributed by atoms with van der Waals surface area (Å²) in [5.74, 6) is -1.51. The molecule has 2 rings (SSSR count). The van der Waals surface area contributed by atoms with Gasteiger partial charge in [0.05, 0.1) is 4.92 Å². The van der Waals surface area contributed by atoms with Gasteiger partial charge in [-0.3, -0.25) is 14.9 Å². The molecule has 0 aliphatic carbocycles. The van der Waals surface area contributed by atoms with Crippen LogP contribution in [0.3, 0.4) is 0 Å². The third-order valence-corrected chi connectivity index (χ3v) is 3.24. The molecule has 0 aromatic heterocycles. The second-order valence-electron chi connectivity index (χ2n) is 4.34. The topological polar surface area (TPSA) is 72.2 Å². The van der Waals surface area contributed by atoms with Gasteiger partial charge in [0.25, 0.3) is 11.6 Å². The fraction of sp³-hybridized carbons (Fsp3) is 0.0714. The maximum atomic E-state index is 13.2. The van der Waals surface area contributed by atoms with Crippen molar-refractivity contribution in [3.63, 3.8) is 0 Å². The van der Waals surface area contributed by atoms with Crippen molar-refractivity contribution in [2.45, 2.75) is 6.92 Å². The second kappa shape index (κ2) is 5.88. The molecule has 2 aromatic rings. The highest BCUT2D eigenvalue weighted by molar-refractivity contribution is 6.31. The fourth-order valence-corrected chi connectivity index (χ4v) is 1.90. The van der Waals surface area contributed by atoms with E-state index in [0.717, 1.165) is 23.8 Å². The number of hydrogen-bond donors (Lipinski definition) is 1. The summed E-state index contributed by atoms with van der Waals surface area (Å²) >= 11 is 5.93. The van der Waals surface area contributed by atoms with E-state index in [1.165, 1.54) is 6.07 Å². The first kappa shape index (κ1) is 14.9. The number of carbonyl (C=O) groups is 1. The molecule has 21 heavy (non-hydrogen) atoms. The predicted molar refractivity (Wildman–Crippen MR) is 77.2 cm³/mol. The molecular formula is C14H10ClFN2O3. The lowest BCUT2D eigenvalue weighted by atomic mass is 10.1. The number of nitro benzene ring substituents is 1. The largest absolute Gasteiger partial charge is 0.322 e. The lowest BCUT2D eigenvalue weighted by Crippen LogP contribution is -2.14. The summed E-state index contributed by atoms with van der Waals surface area (Å²) in [5, 5.41) is 13.8. The molecule has 0 saturated heterocycles. The van der Waals surface area contributed by atoms with Crippen molar-refractivity contribution in [3.8, 4) is 0 Å². The molecule has 7 heteroatoms. The van der Waals surface area contributed by atoms with Gasteiger partial charge in [0, 0.05) is 16.8 Å². The quantitative estimate of drug-likeness (QED) is 0.689. The molecule has 0 atom stereocenters. The van der Waals surface area contributed by atoms with E-state index in [0.29, 0.717) is 10.7 Å². The van der Waals surface area contributed by atoms with Crippen molar-refractivity contribution in [3.05, 3.63) is 68.5 Å². The zero-order valence-electron chi connectivity index (χ0n) is 10.9. The van der Waals surface area contributed by atoms with Crippen LogP contribution in [0.2, 0.25) is 5.02 Å². The molecule has 1 amide bonds. The summed E-state index contributed by atoms with van der Waals surface area (Å²) in [6.07, 6.45) is 0. The first-order valence-electron chi connectivity index (χ1n) is 5.90. The Bertz CT molecular complexity index is 734. The van der Waals surface area contributed by atoms with Crippen molar-refractivity contribution in [1.82, 2.24) is 0 Å². The third-order valence-electron chi connectivity index (χ3n) is 2.83. The number of carbonyl (C=O) groups excluding carboxylic acids is 1. The third kappa shape index (κ3) is 3.35. The molecule has 0 aliphatic heterocycles. The minimum atomic E-state index is -0.777. The summed E-state index contributed by atoms with van der Waals surface area (Å²) in [5.41, 5.74) is 0.379. The number of benzene rings is 2. The van der Waals surface area contributed by atoms with Gasteiger partial charge in [0.1, 0.15) is 11.4 Å². The van der Waals surface area contributed by atoms with E-state index in [1.54, 1.807) is 19.1 Å². The van der Waals surface area contributed by atoms with E-state index >= 15 is 0 Å². The summed E-state index contributed by atoms with van der Waals surface area (Å²) in [6, 6.07) is 7.51. The molecule has 108 valence electrons. The molecule has 0 aliphatic rings. The minimum Gasteiger partial charge on any atom is -0.322 e. The highest BCUT2D eigenvalue weighted by Crippen LogP contribution is 2.23. The Morgan fingerprint density at radius 3 is 2.62 bits per heavy atom. The molecule has 0 bridgehead atoms. The van der Waals surface area contributed by atoms with E-state index in [-0.39, 0.29) is 5.56 Å². The van der Waals surface area contributed by atoms with Crippen LogP contribution in [-0.4, -0.2) is 10.8 Å². The molecule has 2 aromatic carbocycles. The van der Waals surface area contributed by atoms with E-state index < -0.39 is 22.3 Å². The van der Waals surface area contributed by atoms with Gasteiger partial charge in [-0.2, -0.15) is 0 Å². The van der Waals surface area contributed by atoms with Crippen LogP contribution in [-0.2, 0) is 0 Å². The molecule has 0 radical (unpaired) electrons. The monoisotopic (exact) mass is 308 g/mol. The number of nitrogens with zero attached hydrogens (tertiary/aromatic N) is 1. The summed E-state index contributed by atoms with van der Waals surface area (Å²) < 4.78 is 13.2. The van der Waals surface area contributed by atoms with Crippen LogP contribution in [0.1, 0.15) is 15.9 Å². The Morgan fingerprint density at radius 1 is 1.29 bits per heavy atom. The van der Waals surface area contributed by atoms with Crippen LogP contribution in [0.5, 0.6) is 0 Å². The Hall–Kier alpha value is -2.47. The van der Waals surface area contributed by atoms with Crippen LogP contribution in [0.15, 0.2) is 36.4 Å². The van der Waals surface area contributed by atoms with Gasteiger partial charge in [-0.25, -0.2) is 4.39 Å². The van der Waals surface area contributed by atoms with Crippen molar-refractivity contribution >= 4 is 28.9 Å². The molecular weight excluding hydrogens is 299 g/mol. The van der Waals surface area contributed by atoms with E-state index in [2.05, 4.69) is 5.32 Å². The average Bonchev–Trinajstić information content (AvgIpc) is 2.42. The average molecular weight is 309 g/mol. The van der Waals surface area contributed by atoms with Gasteiger partial charge in [0.15, 0.2) is 0 Å². The van der Waals surface area contributed by atoms with E-state index in [4.69, 9.17) is 11.6 Å². The number of nitro groups is 1. The zero-order chi connectivity index (χ0) is 15.6. The number of amides is 1. The standard InChI is InChI=1S/C14H10ClFN2O3/c1-8-2-4-10(7-12(8)15)17-14(19)11-6-9(16)3-5-13(11)18(20)21/h2-7H,1H3,(H,17,19). The van der Waals surface area contributed by atoms with Gasteiger partial charge in [-0.15, -0.1) is 0 Å². The number of nitrogens with one attached hydrogen (secondary N) is 1. The Kier molecular flexibility index (Phi) is 4.18. The molecule has 0 fully saturated rings. The number of halogens is 2. The van der Waals surface area contributed by atoms with Crippen molar-refractivity contribution < 1.29 is 14.1 Å². The van der Waals surface area contributed by atoms with Crippen molar-refractivity contribution in [1.29, 1.82) is 0 Å². The zero-order valence-corrected chi connectivity index (χ0v) is 11.6. The molecule has 0 heterocycles. The highest BCUT2D eigenvalue weighted by atomic mass is 35.5. The number of anilines is 1. The summed E-state index contributed by atoms with van der Waals surface area (Å²) in [7, 11) is 0. The van der Waals surface area contributed by atoms with Crippen LogP contribution < -0.4 is 5.32 Å². The molecule has 0 unspecified atom stereocenters. The van der Waals surface area contributed by atoms with Gasteiger partial charge in [-0.05, 0) is 36.8 Å². The lowest BCUT2D eigenvalue weighted by molar-refractivity contribution is -0.385. The predicted octanol–water partition coefficient (Wildman–Crippen LogP) is 3.95. The summed E-state index contributed by atoms with van der Waals surface area (Å²) in [4.78, 5) is 22.2. The smallest absolute Gasteiger partial charge is 0.282 e. The Labute approximate surface area is 124 Å². The van der Waals surface area contributed by atoms with Crippen LogP contribution in [0.25, 0.3) is 0 Å². The first-order chi connectivity index (χ1) is 9.88. The maximum absolute atomic E-state index is 13.2. The molecule has 0 saturated carbocycles. The van der Waals surface area contributed by atoms with Crippen molar-refractivity contribution in [2.24, 2.45) is 0 Å². The van der Waals surface area contributed by atoms with Crippen molar-refractivity contribution in [2.75, 3.05) is 5.32 Å².